The SMILES string of the molecule is CC(C)(C)OC(=O)N[C@H]1CCN([C@H](C(=O)O)c2cc3ccccc3o2)C1. The highest BCUT2D eigenvalue weighted by molar-refractivity contribution is 5.81. The monoisotopic (exact) mass is 360 g/mol. The minimum Gasteiger partial charge on any atom is -0.480 e. The predicted octanol–water partition coefficient (Wildman–Crippen LogP) is 3.16. The highest BCUT2D eigenvalue weighted by atomic mass is 16.6. The molecule has 2 atom stereocenters. The Balaban J connectivity index is 1.70. The number of alkyl carbamates (subject to hydrolysis) is 1. The molecule has 0 spiro atoms. The fourth-order valence-electron chi connectivity index (χ4n) is 3.21. The average molecular weight is 360 g/mol. The number of ether oxygens (including phenoxy) is 1. The molecular weight excluding hydrogens is 336 g/mol. The summed E-state index contributed by atoms with van der Waals surface area (Å²) in [6.45, 7) is 6.38. The lowest BCUT2D eigenvalue weighted by Crippen LogP contribution is -2.41. The number of aliphatic carboxylic acids is 1. The van der Waals surface area contributed by atoms with E-state index in [2.05, 4.69) is 5.32 Å². The first-order valence-corrected chi connectivity index (χ1v) is 8.68. The molecular formula is C19H24N2O5. The Bertz CT molecular complexity index is 775. The van der Waals surface area contributed by atoms with E-state index in [-0.39, 0.29) is 6.04 Å². The third kappa shape index (κ3) is 4.16. The molecule has 2 heterocycles. The van der Waals surface area contributed by atoms with Crippen molar-refractivity contribution in [2.75, 3.05) is 13.1 Å². The van der Waals surface area contributed by atoms with Crippen LogP contribution in [-0.2, 0) is 9.53 Å². The van der Waals surface area contributed by atoms with Crippen LogP contribution in [0.1, 0.15) is 39.0 Å². The quantitative estimate of drug-likeness (QED) is 0.870. The van der Waals surface area contributed by atoms with Crippen molar-refractivity contribution < 1.29 is 23.8 Å². The second-order valence-electron chi connectivity index (χ2n) is 7.55. The molecule has 1 aromatic carbocycles. The molecule has 1 aliphatic rings. The van der Waals surface area contributed by atoms with Gasteiger partial charge in [-0.25, -0.2) is 4.79 Å². The maximum atomic E-state index is 11.9. The molecule has 0 aliphatic carbocycles. The molecule has 0 radical (unpaired) electrons. The highest BCUT2D eigenvalue weighted by Gasteiger charge is 2.36. The number of rotatable bonds is 4. The van der Waals surface area contributed by atoms with Gasteiger partial charge in [-0.15, -0.1) is 0 Å². The number of likely N-dealkylation sites (tertiary alicyclic amines) is 1. The largest absolute Gasteiger partial charge is 0.480 e. The summed E-state index contributed by atoms with van der Waals surface area (Å²) in [6, 6.07) is 8.16. The number of nitrogens with zero attached hydrogens (tertiary/aromatic N) is 1. The maximum absolute atomic E-state index is 11.9. The van der Waals surface area contributed by atoms with E-state index in [1.165, 1.54) is 0 Å². The van der Waals surface area contributed by atoms with Crippen LogP contribution in [0.15, 0.2) is 34.7 Å². The number of para-hydroxylation sites is 1. The molecule has 2 N–H and O–H groups in total. The molecule has 26 heavy (non-hydrogen) atoms. The number of fused-ring (bicyclic) bond motifs is 1. The Morgan fingerprint density at radius 1 is 1.35 bits per heavy atom. The van der Waals surface area contributed by atoms with Gasteiger partial charge in [-0.05, 0) is 39.3 Å². The van der Waals surface area contributed by atoms with E-state index in [4.69, 9.17) is 9.15 Å². The number of carbonyl (C=O) groups excluding carboxylic acids is 1. The summed E-state index contributed by atoms with van der Waals surface area (Å²) in [5.74, 6) is -0.571. The summed E-state index contributed by atoms with van der Waals surface area (Å²) in [5.41, 5.74) is 0.0941. The van der Waals surface area contributed by atoms with E-state index in [9.17, 15) is 14.7 Å². The second-order valence-corrected chi connectivity index (χ2v) is 7.55. The fraction of sp³-hybridized carbons (Fsp3) is 0.474. The molecule has 1 amide bonds. The highest BCUT2D eigenvalue weighted by Crippen LogP contribution is 2.30. The average Bonchev–Trinajstić information content (AvgIpc) is 3.12. The molecule has 0 saturated carbocycles. The first-order chi connectivity index (χ1) is 12.2. The van der Waals surface area contributed by atoms with Crippen LogP contribution in [0.3, 0.4) is 0 Å². The molecule has 2 aromatic rings. The van der Waals surface area contributed by atoms with Crippen molar-refractivity contribution in [2.24, 2.45) is 0 Å². The van der Waals surface area contributed by atoms with Crippen LogP contribution in [0.2, 0.25) is 0 Å². The van der Waals surface area contributed by atoms with Gasteiger partial charge < -0.3 is 19.6 Å². The van der Waals surface area contributed by atoms with Gasteiger partial charge >= 0.3 is 12.1 Å². The van der Waals surface area contributed by atoms with Crippen molar-refractivity contribution in [3.63, 3.8) is 0 Å². The summed E-state index contributed by atoms with van der Waals surface area (Å²) in [7, 11) is 0. The molecule has 1 fully saturated rings. The number of carbonyl (C=O) groups is 2. The lowest BCUT2D eigenvalue weighted by molar-refractivity contribution is -0.143. The van der Waals surface area contributed by atoms with Gasteiger partial charge in [0, 0.05) is 24.5 Å². The number of amides is 1. The summed E-state index contributed by atoms with van der Waals surface area (Å²) in [5, 5.41) is 13.4. The zero-order valence-corrected chi connectivity index (χ0v) is 15.2. The molecule has 1 aromatic heterocycles. The van der Waals surface area contributed by atoms with Crippen molar-refractivity contribution in [1.82, 2.24) is 10.2 Å². The van der Waals surface area contributed by atoms with Gasteiger partial charge in [-0.1, -0.05) is 18.2 Å². The Morgan fingerprint density at radius 2 is 2.08 bits per heavy atom. The lowest BCUT2D eigenvalue weighted by atomic mass is 10.1. The summed E-state index contributed by atoms with van der Waals surface area (Å²) in [4.78, 5) is 25.6. The zero-order chi connectivity index (χ0) is 18.9. The number of hydrogen-bond donors (Lipinski definition) is 2. The van der Waals surface area contributed by atoms with E-state index < -0.39 is 23.7 Å². The van der Waals surface area contributed by atoms with Gasteiger partial charge in [-0.2, -0.15) is 0 Å². The first-order valence-electron chi connectivity index (χ1n) is 8.68. The summed E-state index contributed by atoms with van der Waals surface area (Å²) >= 11 is 0. The molecule has 3 rings (SSSR count). The topological polar surface area (TPSA) is 92.0 Å². The summed E-state index contributed by atoms with van der Waals surface area (Å²) in [6.07, 6.45) is 0.170. The fourth-order valence-corrected chi connectivity index (χ4v) is 3.21. The number of hydrogen-bond acceptors (Lipinski definition) is 5. The number of benzene rings is 1. The standard InChI is InChI=1S/C19H24N2O5/c1-19(2,3)26-18(24)20-13-8-9-21(11-13)16(17(22)23)15-10-12-6-4-5-7-14(12)25-15/h4-7,10,13,16H,8-9,11H2,1-3H3,(H,20,24)(H,22,23)/t13-,16-/m0/s1. The van der Waals surface area contributed by atoms with Gasteiger partial charge in [0.25, 0.3) is 0 Å². The van der Waals surface area contributed by atoms with Crippen molar-refractivity contribution >= 4 is 23.0 Å². The molecule has 1 aliphatic heterocycles. The molecule has 140 valence electrons. The van der Waals surface area contributed by atoms with E-state index in [0.717, 1.165) is 5.39 Å². The minimum atomic E-state index is -0.970. The Kier molecular flexibility index (Phi) is 4.91. The lowest BCUT2D eigenvalue weighted by Gasteiger charge is -2.24. The number of nitrogens with one attached hydrogen (secondary N) is 1. The smallest absolute Gasteiger partial charge is 0.407 e. The summed E-state index contributed by atoms with van der Waals surface area (Å²) < 4.78 is 11.0. The number of carboxylic acid groups (broad SMARTS) is 1. The van der Waals surface area contributed by atoms with Crippen molar-refractivity contribution in [1.29, 1.82) is 0 Å². The van der Waals surface area contributed by atoms with Crippen LogP contribution < -0.4 is 5.32 Å². The van der Waals surface area contributed by atoms with Gasteiger partial charge in [0.2, 0.25) is 0 Å². The third-order valence-electron chi connectivity index (χ3n) is 4.25. The van der Waals surface area contributed by atoms with Crippen molar-refractivity contribution in [3.05, 3.63) is 36.1 Å². The van der Waals surface area contributed by atoms with Crippen LogP contribution in [-0.4, -0.2) is 46.8 Å². The van der Waals surface area contributed by atoms with Gasteiger partial charge in [-0.3, -0.25) is 9.69 Å². The normalized spacial score (nSPS) is 19.4. The van der Waals surface area contributed by atoms with Gasteiger partial charge in [0.15, 0.2) is 6.04 Å². The Hall–Kier alpha value is -2.54. The second kappa shape index (κ2) is 6.99. The Labute approximate surface area is 151 Å². The predicted molar refractivity (Wildman–Crippen MR) is 95.9 cm³/mol. The van der Waals surface area contributed by atoms with Crippen molar-refractivity contribution in [2.45, 2.75) is 44.9 Å². The molecule has 7 heteroatoms. The molecule has 0 bridgehead atoms. The van der Waals surface area contributed by atoms with E-state index >= 15 is 0 Å². The van der Waals surface area contributed by atoms with Gasteiger partial charge in [0.05, 0.1) is 0 Å². The van der Waals surface area contributed by atoms with Crippen molar-refractivity contribution in [3.8, 4) is 0 Å². The van der Waals surface area contributed by atoms with Crippen LogP contribution in [0.5, 0.6) is 0 Å². The number of carboxylic acids is 1. The van der Waals surface area contributed by atoms with E-state index in [1.54, 1.807) is 26.8 Å². The number of furan rings is 1. The van der Waals surface area contributed by atoms with Crippen LogP contribution in [0.4, 0.5) is 4.79 Å². The Morgan fingerprint density at radius 3 is 2.73 bits per heavy atom. The minimum absolute atomic E-state index is 0.156. The first kappa shape index (κ1) is 18.3. The van der Waals surface area contributed by atoms with Crippen LogP contribution in [0, 0.1) is 0 Å². The van der Waals surface area contributed by atoms with Crippen LogP contribution in [0.25, 0.3) is 11.0 Å². The molecule has 1 saturated heterocycles. The van der Waals surface area contributed by atoms with Crippen LogP contribution >= 0.6 is 0 Å². The molecule has 7 nitrogen and oxygen atoms in total. The van der Waals surface area contributed by atoms with E-state index in [1.807, 2.05) is 29.2 Å². The molecule has 0 unspecified atom stereocenters. The van der Waals surface area contributed by atoms with Gasteiger partial charge in [0.1, 0.15) is 16.9 Å². The zero-order valence-electron chi connectivity index (χ0n) is 15.2. The maximum Gasteiger partial charge on any atom is 0.407 e. The third-order valence-corrected chi connectivity index (χ3v) is 4.25. The van der Waals surface area contributed by atoms with E-state index in [0.29, 0.717) is 30.9 Å².